The molecule has 0 spiro atoms. The van der Waals surface area contributed by atoms with Crippen LogP contribution in [0.5, 0.6) is 5.75 Å². The molecule has 4 aromatic rings. The summed E-state index contributed by atoms with van der Waals surface area (Å²) in [4.78, 5) is 41.6. The highest BCUT2D eigenvalue weighted by molar-refractivity contribution is 6.11. The van der Waals surface area contributed by atoms with Crippen LogP contribution in [-0.2, 0) is 17.7 Å². The number of carbonyl (C=O) groups is 2. The highest BCUT2D eigenvalue weighted by atomic mass is 16.5. The standard InChI is InChI=1S/C25H22N2O5/c1-2-32-25(31)20-13-17(23(29)19-8-4-6-10-22(19)28)15-27(24(20)30)12-11-16-14-26-21-9-5-3-7-18(16)21/h3-10,13-15,26,28H,2,11-12H2,1H3. The van der Waals surface area contributed by atoms with E-state index >= 15 is 0 Å². The molecule has 0 aliphatic heterocycles. The molecule has 162 valence electrons. The Bertz CT molecular complexity index is 1370. The Morgan fingerprint density at radius 1 is 1.06 bits per heavy atom. The number of H-pyrrole nitrogens is 1. The number of benzene rings is 2. The van der Waals surface area contributed by atoms with Crippen LogP contribution < -0.4 is 5.56 Å². The van der Waals surface area contributed by atoms with Crippen molar-refractivity contribution in [2.75, 3.05) is 6.61 Å². The topological polar surface area (TPSA) is 101 Å². The normalized spacial score (nSPS) is 10.9. The van der Waals surface area contributed by atoms with Crippen LogP contribution in [0.3, 0.4) is 0 Å². The van der Waals surface area contributed by atoms with Crippen LogP contribution in [-0.4, -0.2) is 33.0 Å². The predicted molar refractivity (Wildman–Crippen MR) is 120 cm³/mol. The number of fused-ring (bicyclic) bond motifs is 1. The second-order valence-electron chi connectivity index (χ2n) is 7.32. The smallest absolute Gasteiger partial charge is 0.343 e. The Morgan fingerprint density at radius 2 is 1.81 bits per heavy atom. The van der Waals surface area contributed by atoms with E-state index in [0.717, 1.165) is 16.5 Å². The van der Waals surface area contributed by atoms with Crippen molar-refractivity contribution in [3.8, 4) is 5.75 Å². The van der Waals surface area contributed by atoms with Crippen LogP contribution >= 0.6 is 0 Å². The molecule has 0 amide bonds. The monoisotopic (exact) mass is 430 g/mol. The third-order valence-corrected chi connectivity index (χ3v) is 5.29. The Kier molecular flexibility index (Phi) is 5.89. The lowest BCUT2D eigenvalue weighted by molar-refractivity contribution is 0.0523. The van der Waals surface area contributed by atoms with Gasteiger partial charge in [-0.15, -0.1) is 0 Å². The Balaban J connectivity index is 1.73. The summed E-state index contributed by atoms with van der Waals surface area (Å²) in [6.45, 7) is 2.00. The summed E-state index contributed by atoms with van der Waals surface area (Å²) in [6, 6.07) is 15.2. The number of para-hydroxylation sites is 2. The summed E-state index contributed by atoms with van der Waals surface area (Å²) in [6.07, 6.45) is 3.83. The number of aryl methyl sites for hydroxylation is 2. The first-order valence-electron chi connectivity index (χ1n) is 10.3. The van der Waals surface area contributed by atoms with Crippen LogP contribution in [0.1, 0.15) is 38.8 Å². The van der Waals surface area contributed by atoms with Gasteiger partial charge in [-0.3, -0.25) is 9.59 Å². The van der Waals surface area contributed by atoms with E-state index < -0.39 is 17.3 Å². The molecule has 0 aliphatic carbocycles. The average molecular weight is 430 g/mol. The van der Waals surface area contributed by atoms with Crippen molar-refractivity contribution in [1.82, 2.24) is 9.55 Å². The number of aromatic nitrogens is 2. The molecule has 32 heavy (non-hydrogen) atoms. The van der Waals surface area contributed by atoms with Gasteiger partial charge >= 0.3 is 5.97 Å². The average Bonchev–Trinajstić information content (AvgIpc) is 3.21. The number of ether oxygens (including phenoxy) is 1. The number of nitrogens with one attached hydrogen (secondary N) is 1. The molecule has 2 N–H and O–H groups in total. The molecule has 2 aromatic heterocycles. The molecule has 2 aromatic carbocycles. The maximum absolute atomic E-state index is 13.0. The van der Waals surface area contributed by atoms with Gasteiger partial charge in [-0.2, -0.15) is 0 Å². The summed E-state index contributed by atoms with van der Waals surface area (Å²) in [5.74, 6) is -1.45. The van der Waals surface area contributed by atoms with E-state index in [4.69, 9.17) is 4.74 Å². The van der Waals surface area contributed by atoms with Gasteiger partial charge in [0.2, 0.25) is 0 Å². The molecule has 0 fully saturated rings. The number of esters is 1. The molecule has 0 saturated carbocycles. The number of pyridine rings is 1. The van der Waals surface area contributed by atoms with Crippen molar-refractivity contribution >= 4 is 22.7 Å². The number of rotatable bonds is 7. The van der Waals surface area contributed by atoms with Crippen LogP contribution in [0.4, 0.5) is 0 Å². The summed E-state index contributed by atoms with van der Waals surface area (Å²) in [5.41, 5.74) is 1.47. The number of carbonyl (C=O) groups excluding carboxylic acids is 2. The lowest BCUT2D eigenvalue weighted by atomic mass is 10.0. The van der Waals surface area contributed by atoms with Crippen LogP contribution in [0.25, 0.3) is 10.9 Å². The minimum Gasteiger partial charge on any atom is -0.507 e. The third kappa shape index (κ3) is 4.05. The van der Waals surface area contributed by atoms with Gasteiger partial charge in [0.1, 0.15) is 11.3 Å². The van der Waals surface area contributed by atoms with Gasteiger partial charge in [-0.05, 0) is 43.2 Å². The Hall–Kier alpha value is -4.13. The zero-order chi connectivity index (χ0) is 22.7. The largest absolute Gasteiger partial charge is 0.507 e. The molecular weight excluding hydrogens is 408 g/mol. The van der Waals surface area contributed by atoms with Gasteiger partial charge in [0.05, 0.1) is 12.2 Å². The summed E-state index contributed by atoms with van der Waals surface area (Å²) in [5, 5.41) is 11.1. The van der Waals surface area contributed by atoms with Crippen molar-refractivity contribution in [3.05, 3.63) is 99.6 Å². The first kappa shape index (κ1) is 21.1. The second kappa shape index (κ2) is 8.93. The molecule has 2 heterocycles. The van der Waals surface area contributed by atoms with E-state index in [0.29, 0.717) is 6.42 Å². The highest BCUT2D eigenvalue weighted by Crippen LogP contribution is 2.21. The molecule has 0 saturated heterocycles. The first-order chi connectivity index (χ1) is 15.5. The van der Waals surface area contributed by atoms with E-state index in [1.54, 1.807) is 19.1 Å². The van der Waals surface area contributed by atoms with Gasteiger partial charge in [-0.25, -0.2) is 4.79 Å². The second-order valence-corrected chi connectivity index (χ2v) is 7.32. The van der Waals surface area contributed by atoms with Gasteiger partial charge in [-0.1, -0.05) is 30.3 Å². The molecular formula is C25H22N2O5. The fraction of sp³-hybridized carbons (Fsp3) is 0.160. The Labute approximate surface area is 183 Å². The molecule has 0 aliphatic rings. The Morgan fingerprint density at radius 3 is 2.59 bits per heavy atom. The minimum atomic E-state index is -0.787. The summed E-state index contributed by atoms with van der Waals surface area (Å²) in [7, 11) is 0. The van der Waals surface area contributed by atoms with Gasteiger partial charge in [0, 0.05) is 35.4 Å². The van der Waals surface area contributed by atoms with Crippen LogP contribution in [0.15, 0.2) is 71.8 Å². The number of phenols is 1. The first-order valence-corrected chi connectivity index (χ1v) is 10.3. The van der Waals surface area contributed by atoms with Gasteiger partial charge < -0.3 is 19.4 Å². The van der Waals surface area contributed by atoms with Crippen molar-refractivity contribution in [3.63, 3.8) is 0 Å². The fourth-order valence-corrected chi connectivity index (χ4v) is 3.68. The number of hydrogen-bond acceptors (Lipinski definition) is 5. The number of ketones is 1. The maximum atomic E-state index is 13.0. The molecule has 7 heteroatoms. The minimum absolute atomic E-state index is 0.0872. The van der Waals surface area contributed by atoms with Crippen molar-refractivity contribution in [1.29, 1.82) is 0 Å². The highest BCUT2D eigenvalue weighted by Gasteiger charge is 2.21. The maximum Gasteiger partial charge on any atom is 0.343 e. The van der Waals surface area contributed by atoms with E-state index in [-0.39, 0.29) is 35.6 Å². The van der Waals surface area contributed by atoms with Crippen LogP contribution in [0.2, 0.25) is 0 Å². The van der Waals surface area contributed by atoms with Crippen molar-refractivity contribution in [2.24, 2.45) is 0 Å². The lowest BCUT2D eigenvalue weighted by Gasteiger charge is -2.12. The zero-order valence-corrected chi connectivity index (χ0v) is 17.5. The molecule has 7 nitrogen and oxygen atoms in total. The molecule has 0 atom stereocenters. The predicted octanol–water partition coefficient (Wildman–Crippen LogP) is 3.69. The zero-order valence-electron chi connectivity index (χ0n) is 17.5. The molecule has 0 radical (unpaired) electrons. The van der Waals surface area contributed by atoms with Crippen LogP contribution in [0, 0.1) is 0 Å². The van der Waals surface area contributed by atoms with Crippen molar-refractivity contribution in [2.45, 2.75) is 19.9 Å². The SMILES string of the molecule is CCOC(=O)c1cc(C(=O)c2ccccc2O)cn(CCc2c[nH]c3ccccc23)c1=O. The van der Waals surface area contributed by atoms with E-state index in [2.05, 4.69) is 4.98 Å². The van der Waals surface area contributed by atoms with E-state index in [1.165, 1.54) is 29.0 Å². The molecule has 0 bridgehead atoms. The fourth-order valence-electron chi connectivity index (χ4n) is 3.68. The number of aromatic amines is 1. The number of hydrogen-bond donors (Lipinski definition) is 2. The summed E-state index contributed by atoms with van der Waals surface area (Å²) < 4.78 is 6.37. The number of aromatic hydroxyl groups is 1. The molecule has 0 unspecified atom stereocenters. The molecule has 4 rings (SSSR count). The van der Waals surface area contributed by atoms with E-state index in [9.17, 15) is 19.5 Å². The van der Waals surface area contributed by atoms with Gasteiger partial charge in [0.25, 0.3) is 5.56 Å². The summed E-state index contributed by atoms with van der Waals surface area (Å²) >= 11 is 0. The van der Waals surface area contributed by atoms with E-state index in [1.807, 2.05) is 30.5 Å². The number of nitrogens with zero attached hydrogens (tertiary/aromatic N) is 1. The number of phenolic OH excluding ortho intramolecular Hbond substituents is 1. The third-order valence-electron chi connectivity index (χ3n) is 5.29. The van der Waals surface area contributed by atoms with Crippen molar-refractivity contribution < 1.29 is 19.4 Å². The quantitative estimate of drug-likeness (QED) is 0.344. The lowest BCUT2D eigenvalue weighted by Crippen LogP contribution is -2.29. The van der Waals surface area contributed by atoms with Gasteiger partial charge in [0.15, 0.2) is 5.78 Å².